The lowest BCUT2D eigenvalue weighted by Crippen LogP contribution is -2.23. The van der Waals surface area contributed by atoms with Crippen LogP contribution in [0.2, 0.25) is 0 Å². The first-order valence-corrected chi connectivity index (χ1v) is 7.28. The van der Waals surface area contributed by atoms with Crippen molar-refractivity contribution in [3.05, 3.63) is 36.0 Å². The van der Waals surface area contributed by atoms with Crippen molar-refractivity contribution in [3.8, 4) is 0 Å². The Kier molecular flexibility index (Phi) is 5.70. The van der Waals surface area contributed by atoms with E-state index in [1.807, 2.05) is 25.4 Å². The second kappa shape index (κ2) is 7.07. The molecule has 1 amide bonds. The molecule has 21 heavy (non-hydrogen) atoms. The lowest BCUT2D eigenvalue weighted by Gasteiger charge is -1.99. The van der Waals surface area contributed by atoms with Gasteiger partial charge in [0.15, 0.2) is 0 Å². The summed E-state index contributed by atoms with van der Waals surface area (Å²) in [6.45, 7) is 0.448. The molecule has 0 saturated carbocycles. The molecule has 0 unspecified atom stereocenters. The van der Waals surface area contributed by atoms with Gasteiger partial charge >= 0.3 is 16.5 Å². The molecule has 2 aromatic rings. The van der Waals surface area contributed by atoms with Crippen LogP contribution in [0.4, 0.5) is 4.79 Å². The first-order chi connectivity index (χ1) is 9.68. The van der Waals surface area contributed by atoms with E-state index in [1.54, 1.807) is 0 Å². The number of benzene rings is 1. The van der Waals surface area contributed by atoms with E-state index in [9.17, 15) is 4.79 Å². The standard InChI is InChI=1S/C12H14N2O2.H2O4S/c1-14-8-9(6-7-13-12(15)16)10-4-2-3-5-11(10)14;1-5(2,3)4/h2-5,8,13H,6-7H2,1H3,(H,15,16);(H2,1,2,3,4). The monoisotopic (exact) mass is 316 g/mol. The second-order valence-corrected chi connectivity index (χ2v) is 5.11. The Labute approximate surface area is 121 Å². The molecule has 116 valence electrons. The first kappa shape index (κ1) is 17.0. The van der Waals surface area contributed by atoms with Crippen molar-refractivity contribution in [1.82, 2.24) is 9.88 Å². The van der Waals surface area contributed by atoms with Gasteiger partial charge in [-0.15, -0.1) is 0 Å². The fourth-order valence-corrected chi connectivity index (χ4v) is 1.93. The van der Waals surface area contributed by atoms with E-state index in [1.165, 1.54) is 16.5 Å². The van der Waals surface area contributed by atoms with Crippen molar-refractivity contribution < 1.29 is 27.4 Å². The summed E-state index contributed by atoms with van der Waals surface area (Å²) in [7, 11) is -2.67. The van der Waals surface area contributed by atoms with Crippen molar-refractivity contribution in [2.75, 3.05) is 6.54 Å². The number of amides is 1. The smallest absolute Gasteiger partial charge is 0.404 e. The Morgan fingerprint density at radius 2 is 1.86 bits per heavy atom. The highest BCUT2D eigenvalue weighted by molar-refractivity contribution is 7.79. The largest absolute Gasteiger partial charge is 0.465 e. The van der Waals surface area contributed by atoms with Gasteiger partial charge in [-0.2, -0.15) is 8.42 Å². The van der Waals surface area contributed by atoms with E-state index in [0.29, 0.717) is 13.0 Å². The van der Waals surface area contributed by atoms with Crippen molar-refractivity contribution in [2.24, 2.45) is 7.05 Å². The maximum atomic E-state index is 10.3. The van der Waals surface area contributed by atoms with Gasteiger partial charge in [-0.05, 0) is 18.1 Å². The number of nitrogens with one attached hydrogen (secondary N) is 1. The molecule has 8 nitrogen and oxygen atoms in total. The van der Waals surface area contributed by atoms with Gasteiger partial charge in [-0.3, -0.25) is 9.11 Å². The molecule has 0 saturated heterocycles. The van der Waals surface area contributed by atoms with Crippen molar-refractivity contribution in [1.29, 1.82) is 0 Å². The van der Waals surface area contributed by atoms with Gasteiger partial charge in [0.1, 0.15) is 0 Å². The number of carbonyl (C=O) groups is 1. The van der Waals surface area contributed by atoms with Crippen molar-refractivity contribution in [2.45, 2.75) is 6.42 Å². The molecule has 0 radical (unpaired) electrons. The Hall–Kier alpha value is -2.10. The summed E-state index contributed by atoms with van der Waals surface area (Å²) >= 11 is 0. The van der Waals surface area contributed by atoms with Crippen LogP contribution in [0, 0.1) is 0 Å². The number of para-hydroxylation sites is 1. The zero-order valence-electron chi connectivity index (χ0n) is 11.2. The number of hydrogen-bond donors (Lipinski definition) is 4. The minimum Gasteiger partial charge on any atom is -0.465 e. The van der Waals surface area contributed by atoms with Crippen LogP contribution in [0.5, 0.6) is 0 Å². The Bertz CT molecular complexity index is 714. The first-order valence-electron chi connectivity index (χ1n) is 5.88. The summed E-state index contributed by atoms with van der Waals surface area (Å²) in [6.07, 6.45) is 1.79. The molecule has 2 rings (SSSR count). The normalized spacial score (nSPS) is 10.8. The summed E-state index contributed by atoms with van der Waals surface area (Å²) in [5.41, 5.74) is 2.35. The highest BCUT2D eigenvalue weighted by Crippen LogP contribution is 2.20. The van der Waals surface area contributed by atoms with E-state index >= 15 is 0 Å². The van der Waals surface area contributed by atoms with Crippen LogP contribution in [0.15, 0.2) is 30.5 Å². The number of rotatable bonds is 3. The molecule has 1 aromatic heterocycles. The van der Waals surface area contributed by atoms with Gasteiger partial charge in [0.05, 0.1) is 0 Å². The summed E-state index contributed by atoms with van der Waals surface area (Å²) in [4.78, 5) is 10.3. The van der Waals surface area contributed by atoms with Gasteiger partial charge in [0.25, 0.3) is 0 Å². The van der Waals surface area contributed by atoms with E-state index in [0.717, 1.165) is 0 Å². The number of nitrogens with zero attached hydrogens (tertiary/aromatic N) is 1. The predicted molar refractivity (Wildman–Crippen MR) is 76.8 cm³/mol. The summed E-state index contributed by atoms with van der Waals surface area (Å²) in [5.74, 6) is 0. The lowest BCUT2D eigenvalue weighted by atomic mass is 10.1. The molecular weight excluding hydrogens is 300 g/mol. The fourth-order valence-electron chi connectivity index (χ4n) is 1.93. The zero-order chi connectivity index (χ0) is 16.0. The lowest BCUT2D eigenvalue weighted by molar-refractivity contribution is 0.194. The molecule has 0 aliphatic heterocycles. The maximum absolute atomic E-state index is 10.3. The number of hydrogen-bond acceptors (Lipinski definition) is 3. The molecule has 1 heterocycles. The number of carboxylic acid groups (broad SMARTS) is 1. The average molecular weight is 316 g/mol. The molecule has 0 spiro atoms. The van der Waals surface area contributed by atoms with E-state index in [4.69, 9.17) is 22.6 Å². The molecule has 1 aromatic carbocycles. The van der Waals surface area contributed by atoms with Crippen LogP contribution in [0.3, 0.4) is 0 Å². The van der Waals surface area contributed by atoms with E-state index in [-0.39, 0.29) is 0 Å². The third-order valence-corrected chi connectivity index (χ3v) is 2.65. The van der Waals surface area contributed by atoms with E-state index in [2.05, 4.69) is 22.0 Å². The van der Waals surface area contributed by atoms with Gasteiger partial charge in [0, 0.05) is 30.7 Å². The second-order valence-electron chi connectivity index (χ2n) is 4.21. The molecule has 0 fully saturated rings. The highest BCUT2D eigenvalue weighted by atomic mass is 32.3. The average Bonchev–Trinajstić information content (AvgIpc) is 2.65. The third kappa shape index (κ3) is 6.25. The van der Waals surface area contributed by atoms with Gasteiger partial charge in [-0.25, -0.2) is 4.79 Å². The Morgan fingerprint density at radius 3 is 2.43 bits per heavy atom. The van der Waals surface area contributed by atoms with Crippen LogP contribution in [-0.4, -0.2) is 39.8 Å². The number of aryl methyl sites for hydroxylation is 1. The minimum atomic E-state index is -4.67. The molecule has 0 aliphatic carbocycles. The van der Waals surface area contributed by atoms with Crippen LogP contribution >= 0.6 is 0 Å². The quantitative estimate of drug-likeness (QED) is 0.632. The molecule has 4 N–H and O–H groups in total. The Balaban J connectivity index is 0.000000383. The fraction of sp³-hybridized carbons (Fsp3) is 0.250. The minimum absolute atomic E-state index is 0.448. The molecule has 0 aliphatic rings. The van der Waals surface area contributed by atoms with Crippen molar-refractivity contribution >= 4 is 27.4 Å². The molecular formula is C12H16N2O6S. The number of aromatic nitrogens is 1. The maximum Gasteiger partial charge on any atom is 0.404 e. The van der Waals surface area contributed by atoms with E-state index < -0.39 is 16.5 Å². The van der Waals surface area contributed by atoms with Gasteiger partial charge in [-0.1, -0.05) is 18.2 Å². The number of fused-ring (bicyclic) bond motifs is 1. The zero-order valence-corrected chi connectivity index (χ0v) is 12.0. The van der Waals surface area contributed by atoms with Gasteiger partial charge in [0.2, 0.25) is 0 Å². The summed E-state index contributed by atoms with van der Waals surface area (Å²) in [6, 6.07) is 8.12. The van der Waals surface area contributed by atoms with Crippen LogP contribution < -0.4 is 5.32 Å². The summed E-state index contributed by atoms with van der Waals surface area (Å²) < 4.78 is 33.6. The van der Waals surface area contributed by atoms with Crippen LogP contribution in [0.1, 0.15) is 5.56 Å². The van der Waals surface area contributed by atoms with Crippen LogP contribution in [-0.2, 0) is 23.9 Å². The topological polar surface area (TPSA) is 129 Å². The summed E-state index contributed by atoms with van der Waals surface area (Å²) in [5, 5.41) is 12.1. The molecule has 0 atom stereocenters. The van der Waals surface area contributed by atoms with Gasteiger partial charge < -0.3 is 15.0 Å². The highest BCUT2D eigenvalue weighted by Gasteiger charge is 2.05. The third-order valence-electron chi connectivity index (χ3n) is 2.65. The van der Waals surface area contributed by atoms with Crippen LogP contribution in [0.25, 0.3) is 10.9 Å². The SMILES string of the molecule is Cn1cc(CCNC(=O)O)c2ccccc21.O=S(=O)(O)O. The molecule has 9 heteroatoms. The molecule has 0 bridgehead atoms. The van der Waals surface area contributed by atoms with Crippen molar-refractivity contribution in [3.63, 3.8) is 0 Å². The Morgan fingerprint density at radius 1 is 1.29 bits per heavy atom. The predicted octanol–water partition coefficient (Wildman–Crippen LogP) is 1.34.